The van der Waals surface area contributed by atoms with E-state index in [9.17, 15) is 4.79 Å². The SMILES string of the molecule is CCN(CC)CCNC(=O)c1ccc(Nc2ncc3nnn(C4CCc5ccccc54)c3n2)cc1. The predicted octanol–water partition coefficient (Wildman–Crippen LogP) is 3.57. The zero-order valence-electron chi connectivity index (χ0n) is 20.1. The molecule has 0 saturated heterocycles. The molecule has 4 aromatic rings. The number of hydrogen-bond donors (Lipinski definition) is 2. The van der Waals surface area contributed by atoms with Crippen LogP contribution in [0.25, 0.3) is 11.2 Å². The molecule has 1 atom stereocenters. The van der Waals surface area contributed by atoms with Gasteiger partial charge in [-0.15, -0.1) is 5.10 Å². The Bertz CT molecular complexity index is 1310. The van der Waals surface area contributed by atoms with E-state index < -0.39 is 0 Å². The zero-order valence-corrected chi connectivity index (χ0v) is 20.1. The van der Waals surface area contributed by atoms with Gasteiger partial charge in [-0.1, -0.05) is 43.3 Å². The number of aromatic nitrogens is 5. The second-order valence-electron chi connectivity index (χ2n) is 8.67. The van der Waals surface area contributed by atoms with E-state index in [1.54, 1.807) is 18.3 Å². The summed E-state index contributed by atoms with van der Waals surface area (Å²) >= 11 is 0. The topological polar surface area (TPSA) is 101 Å². The minimum atomic E-state index is -0.0757. The Kier molecular flexibility index (Phi) is 6.67. The van der Waals surface area contributed by atoms with Crippen molar-refractivity contribution in [2.45, 2.75) is 32.7 Å². The van der Waals surface area contributed by atoms with Gasteiger partial charge in [0, 0.05) is 24.3 Å². The zero-order chi connectivity index (χ0) is 24.2. The maximum Gasteiger partial charge on any atom is 0.251 e. The number of fused-ring (bicyclic) bond motifs is 2. The van der Waals surface area contributed by atoms with Crippen LogP contribution in [0.2, 0.25) is 0 Å². The number of nitrogens with one attached hydrogen (secondary N) is 2. The van der Waals surface area contributed by atoms with E-state index in [0.717, 1.165) is 38.2 Å². The second-order valence-corrected chi connectivity index (χ2v) is 8.67. The fourth-order valence-corrected chi connectivity index (χ4v) is 4.61. The predicted molar refractivity (Wildman–Crippen MR) is 136 cm³/mol. The maximum absolute atomic E-state index is 12.4. The van der Waals surface area contributed by atoms with Crippen LogP contribution < -0.4 is 10.6 Å². The summed E-state index contributed by atoms with van der Waals surface area (Å²) in [7, 11) is 0. The molecule has 180 valence electrons. The van der Waals surface area contributed by atoms with E-state index >= 15 is 0 Å². The van der Waals surface area contributed by atoms with Gasteiger partial charge in [0.1, 0.15) is 0 Å². The summed E-state index contributed by atoms with van der Waals surface area (Å²) < 4.78 is 1.90. The molecule has 0 bridgehead atoms. The minimum Gasteiger partial charge on any atom is -0.351 e. The van der Waals surface area contributed by atoms with E-state index in [-0.39, 0.29) is 11.9 Å². The van der Waals surface area contributed by atoms with Crippen molar-refractivity contribution in [3.8, 4) is 0 Å². The van der Waals surface area contributed by atoms with Gasteiger partial charge in [0.25, 0.3) is 5.91 Å². The van der Waals surface area contributed by atoms with Crippen molar-refractivity contribution in [2.24, 2.45) is 0 Å². The van der Waals surface area contributed by atoms with Crippen molar-refractivity contribution < 1.29 is 4.79 Å². The third kappa shape index (κ3) is 4.85. The van der Waals surface area contributed by atoms with Crippen molar-refractivity contribution in [2.75, 3.05) is 31.5 Å². The minimum absolute atomic E-state index is 0.0757. The van der Waals surface area contributed by atoms with E-state index in [1.165, 1.54) is 11.1 Å². The lowest BCUT2D eigenvalue weighted by molar-refractivity contribution is 0.0949. The molecule has 0 aliphatic heterocycles. The lowest BCUT2D eigenvalue weighted by Gasteiger charge is -2.18. The van der Waals surface area contributed by atoms with Crippen LogP contribution in [-0.2, 0) is 6.42 Å². The van der Waals surface area contributed by atoms with Gasteiger partial charge in [-0.25, -0.2) is 9.67 Å². The largest absolute Gasteiger partial charge is 0.351 e. The third-order valence-corrected chi connectivity index (χ3v) is 6.62. The summed E-state index contributed by atoms with van der Waals surface area (Å²) in [5, 5.41) is 14.9. The summed E-state index contributed by atoms with van der Waals surface area (Å²) in [6, 6.07) is 15.9. The maximum atomic E-state index is 12.4. The van der Waals surface area contributed by atoms with Gasteiger partial charge < -0.3 is 15.5 Å². The average molecular weight is 471 g/mol. The highest BCUT2D eigenvalue weighted by atomic mass is 16.1. The number of nitrogens with zero attached hydrogens (tertiary/aromatic N) is 6. The normalized spacial score (nSPS) is 14.9. The Morgan fingerprint density at radius 1 is 1.11 bits per heavy atom. The van der Waals surface area contributed by atoms with Crippen LogP contribution in [0, 0.1) is 0 Å². The van der Waals surface area contributed by atoms with Crippen LogP contribution in [0.15, 0.2) is 54.7 Å². The Hall–Kier alpha value is -3.85. The lowest BCUT2D eigenvalue weighted by Crippen LogP contribution is -2.34. The molecule has 5 rings (SSSR count). The number of amides is 1. The lowest BCUT2D eigenvalue weighted by atomic mass is 10.1. The molecule has 0 spiro atoms. The van der Waals surface area contributed by atoms with E-state index in [0.29, 0.717) is 29.2 Å². The van der Waals surface area contributed by atoms with Crippen molar-refractivity contribution in [3.63, 3.8) is 0 Å². The molecule has 1 unspecified atom stereocenters. The molecule has 1 aliphatic carbocycles. The first-order chi connectivity index (χ1) is 17.2. The molecular weight excluding hydrogens is 440 g/mol. The third-order valence-electron chi connectivity index (χ3n) is 6.62. The number of carbonyl (C=O) groups excluding carboxylic acids is 1. The van der Waals surface area contributed by atoms with Gasteiger partial charge >= 0.3 is 0 Å². The first kappa shape index (κ1) is 22.9. The first-order valence-electron chi connectivity index (χ1n) is 12.2. The summed E-state index contributed by atoms with van der Waals surface area (Å²) in [6.07, 6.45) is 3.68. The average Bonchev–Trinajstić information content (AvgIpc) is 3.50. The van der Waals surface area contributed by atoms with Gasteiger partial charge in [-0.05, 0) is 61.3 Å². The molecule has 2 N–H and O–H groups in total. The van der Waals surface area contributed by atoms with Gasteiger partial charge in [0.2, 0.25) is 5.95 Å². The summed E-state index contributed by atoms with van der Waals surface area (Å²) in [5.41, 5.74) is 5.41. The highest BCUT2D eigenvalue weighted by Gasteiger charge is 2.26. The quantitative estimate of drug-likeness (QED) is 0.386. The van der Waals surface area contributed by atoms with Crippen LogP contribution in [0.4, 0.5) is 11.6 Å². The Labute approximate surface area is 204 Å². The van der Waals surface area contributed by atoms with Crippen LogP contribution >= 0.6 is 0 Å². The number of aryl methyl sites for hydroxylation is 1. The van der Waals surface area contributed by atoms with Crippen molar-refractivity contribution >= 4 is 28.7 Å². The molecule has 0 radical (unpaired) electrons. The number of hydrogen-bond acceptors (Lipinski definition) is 7. The van der Waals surface area contributed by atoms with Crippen LogP contribution in [0.5, 0.6) is 0 Å². The molecule has 1 amide bonds. The summed E-state index contributed by atoms with van der Waals surface area (Å²) in [6.45, 7) is 7.67. The van der Waals surface area contributed by atoms with Gasteiger partial charge in [0.15, 0.2) is 11.2 Å². The van der Waals surface area contributed by atoms with E-state index in [2.05, 4.69) is 68.9 Å². The van der Waals surface area contributed by atoms with Crippen molar-refractivity contribution in [3.05, 3.63) is 71.4 Å². The molecule has 9 heteroatoms. The molecule has 2 aromatic heterocycles. The molecule has 1 aliphatic rings. The molecular formula is C26H30N8O. The number of likely N-dealkylation sites (N-methyl/N-ethyl adjacent to an activating group) is 1. The monoisotopic (exact) mass is 470 g/mol. The Morgan fingerprint density at radius 2 is 1.91 bits per heavy atom. The number of rotatable bonds is 9. The molecule has 2 aromatic carbocycles. The highest BCUT2D eigenvalue weighted by Crippen LogP contribution is 2.34. The molecule has 35 heavy (non-hydrogen) atoms. The number of anilines is 2. The number of benzene rings is 2. The van der Waals surface area contributed by atoms with Gasteiger partial charge in [0.05, 0.1) is 12.2 Å². The Morgan fingerprint density at radius 3 is 2.71 bits per heavy atom. The van der Waals surface area contributed by atoms with Gasteiger partial charge in [-0.2, -0.15) is 4.98 Å². The summed E-state index contributed by atoms with van der Waals surface area (Å²) in [5.74, 6) is 0.386. The van der Waals surface area contributed by atoms with E-state index in [1.807, 2.05) is 16.8 Å². The molecule has 9 nitrogen and oxygen atoms in total. The van der Waals surface area contributed by atoms with Crippen molar-refractivity contribution in [1.82, 2.24) is 35.2 Å². The smallest absolute Gasteiger partial charge is 0.251 e. The first-order valence-corrected chi connectivity index (χ1v) is 12.2. The van der Waals surface area contributed by atoms with Crippen LogP contribution in [0.1, 0.15) is 47.8 Å². The summed E-state index contributed by atoms with van der Waals surface area (Å²) in [4.78, 5) is 23.8. The molecule has 0 fully saturated rings. The highest BCUT2D eigenvalue weighted by molar-refractivity contribution is 5.94. The molecule has 2 heterocycles. The van der Waals surface area contributed by atoms with Crippen LogP contribution in [-0.4, -0.2) is 61.9 Å². The second kappa shape index (κ2) is 10.2. The van der Waals surface area contributed by atoms with E-state index in [4.69, 9.17) is 4.98 Å². The van der Waals surface area contributed by atoms with Crippen molar-refractivity contribution in [1.29, 1.82) is 0 Å². The standard InChI is InChI=1S/C26H30N8O/c1-3-33(4-2)16-15-27-25(35)19-9-12-20(13-10-19)29-26-28-17-22-24(30-26)34(32-31-22)23-14-11-18-7-5-6-8-21(18)23/h5-10,12-13,17,23H,3-4,11,14-16H2,1-2H3,(H,27,35)(H,28,29,30). The van der Waals surface area contributed by atoms with Gasteiger partial charge in [-0.3, -0.25) is 4.79 Å². The fraction of sp³-hybridized carbons (Fsp3) is 0.346. The van der Waals surface area contributed by atoms with Crippen LogP contribution in [0.3, 0.4) is 0 Å². The Balaban J connectivity index is 1.27. The number of carbonyl (C=O) groups is 1. The fourth-order valence-electron chi connectivity index (χ4n) is 4.61. The molecule has 0 saturated carbocycles.